The van der Waals surface area contributed by atoms with E-state index >= 15 is 0 Å². The zero-order valence-corrected chi connectivity index (χ0v) is 13.1. The quantitative estimate of drug-likeness (QED) is 0.796. The van der Waals surface area contributed by atoms with Crippen molar-refractivity contribution in [3.8, 4) is 0 Å². The van der Waals surface area contributed by atoms with E-state index in [1.54, 1.807) is 6.92 Å². The van der Waals surface area contributed by atoms with Gasteiger partial charge >= 0.3 is 11.9 Å². The van der Waals surface area contributed by atoms with E-state index in [0.717, 1.165) is 17.5 Å². The van der Waals surface area contributed by atoms with Crippen LogP contribution in [0, 0.1) is 0 Å². The van der Waals surface area contributed by atoms with Crippen molar-refractivity contribution in [1.82, 2.24) is 4.31 Å². The van der Waals surface area contributed by atoms with Gasteiger partial charge in [-0.05, 0) is 12.8 Å². The first-order valence-corrected chi connectivity index (χ1v) is 8.22. The number of carbonyl (C=O) groups is 2. The fraction of sp³-hybridized carbons (Fsp3) is 0.538. The summed E-state index contributed by atoms with van der Waals surface area (Å²) in [4.78, 5) is 22.5. The van der Waals surface area contributed by atoms with E-state index in [0.29, 0.717) is 6.42 Å². The van der Waals surface area contributed by atoms with E-state index in [-0.39, 0.29) is 35.8 Å². The number of sulfonamides is 1. The van der Waals surface area contributed by atoms with Crippen molar-refractivity contribution in [2.75, 3.05) is 13.7 Å². The molecule has 1 aromatic rings. The molecule has 1 aromatic heterocycles. The molecule has 1 N–H and O–H groups in total. The van der Waals surface area contributed by atoms with Crippen molar-refractivity contribution < 1.29 is 32.3 Å². The first-order valence-electron chi connectivity index (χ1n) is 6.78. The molecule has 9 heteroatoms. The predicted molar refractivity (Wildman–Crippen MR) is 74.0 cm³/mol. The van der Waals surface area contributed by atoms with Crippen molar-refractivity contribution in [3.05, 3.63) is 17.6 Å². The van der Waals surface area contributed by atoms with Gasteiger partial charge < -0.3 is 14.3 Å². The van der Waals surface area contributed by atoms with Gasteiger partial charge in [0.1, 0.15) is 16.7 Å². The predicted octanol–water partition coefficient (Wildman–Crippen LogP) is 0.866. The summed E-state index contributed by atoms with van der Waals surface area (Å²) in [6.07, 6.45) is 0.980. The number of aryl methyl sites for hydroxylation is 1. The van der Waals surface area contributed by atoms with Crippen molar-refractivity contribution in [3.63, 3.8) is 0 Å². The molecule has 1 fully saturated rings. The van der Waals surface area contributed by atoms with Gasteiger partial charge in [-0.1, -0.05) is 6.92 Å². The van der Waals surface area contributed by atoms with Crippen LogP contribution < -0.4 is 0 Å². The van der Waals surface area contributed by atoms with Crippen molar-refractivity contribution in [2.45, 2.75) is 37.1 Å². The fourth-order valence-electron chi connectivity index (χ4n) is 2.48. The number of nitrogens with zero attached hydrogens (tertiary/aromatic N) is 1. The van der Waals surface area contributed by atoms with Crippen LogP contribution >= 0.6 is 0 Å². The van der Waals surface area contributed by atoms with E-state index in [1.807, 2.05) is 0 Å². The number of esters is 1. The van der Waals surface area contributed by atoms with Gasteiger partial charge in [0, 0.05) is 19.0 Å². The number of ether oxygens (including phenoxy) is 1. The Morgan fingerprint density at radius 3 is 2.73 bits per heavy atom. The molecule has 8 nitrogen and oxygen atoms in total. The van der Waals surface area contributed by atoms with Gasteiger partial charge in [-0.15, -0.1) is 0 Å². The van der Waals surface area contributed by atoms with Gasteiger partial charge in [-0.25, -0.2) is 13.2 Å². The maximum Gasteiger partial charge on any atom is 0.373 e. The number of furan rings is 1. The van der Waals surface area contributed by atoms with E-state index in [1.165, 1.54) is 0 Å². The minimum atomic E-state index is -4.05. The average Bonchev–Trinajstić information content (AvgIpc) is 3.13. The van der Waals surface area contributed by atoms with Crippen LogP contribution in [0.3, 0.4) is 0 Å². The Morgan fingerprint density at radius 1 is 1.50 bits per heavy atom. The van der Waals surface area contributed by atoms with Crippen LogP contribution in [0.15, 0.2) is 15.4 Å². The molecule has 1 atom stereocenters. The second-order valence-corrected chi connectivity index (χ2v) is 6.71. The molecule has 22 heavy (non-hydrogen) atoms. The molecule has 2 rings (SSSR count). The molecule has 0 spiro atoms. The highest BCUT2D eigenvalue weighted by molar-refractivity contribution is 7.89. The lowest BCUT2D eigenvalue weighted by Gasteiger charge is -2.20. The molecule has 0 amide bonds. The van der Waals surface area contributed by atoms with E-state index in [9.17, 15) is 18.0 Å². The van der Waals surface area contributed by atoms with Gasteiger partial charge in [0.25, 0.3) is 0 Å². The summed E-state index contributed by atoms with van der Waals surface area (Å²) in [5, 5.41) is 9.15. The smallest absolute Gasteiger partial charge is 0.373 e. The van der Waals surface area contributed by atoms with Crippen LogP contribution in [0.25, 0.3) is 0 Å². The molecule has 0 unspecified atom stereocenters. The number of aliphatic carboxylic acids is 1. The Kier molecular flexibility index (Phi) is 4.57. The number of carboxylic acids is 1. The van der Waals surface area contributed by atoms with E-state index in [4.69, 9.17) is 9.52 Å². The Labute approximate surface area is 127 Å². The number of rotatable bonds is 5. The molecule has 2 heterocycles. The largest absolute Gasteiger partial charge is 0.480 e. The third-order valence-electron chi connectivity index (χ3n) is 3.55. The summed E-state index contributed by atoms with van der Waals surface area (Å²) in [5.74, 6) is -2.08. The average molecular weight is 331 g/mol. The Hall–Kier alpha value is -1.87. The van der Waals surface area contributed by atoms with E-state index < -0.39 is 28.0 Å². The van der Waals surface area contributed by atoms with Crippen molar-refractivity contribution in [2.24, 2.45) is 0 Å². The van der Waals surface area contributed by atoms with Crippen LogP contribution in [0.4, 0.5) is 0 Å². The Balaban J connectivity index is 2.47. The molecular weight excluding hydrogens is 314 g/mol. The minimum Gasteiger partial charge on any atom is -0.480 e. The van der Waals surface area contributed by atoms with Gasteiger partial charge in [-0.2, -0.15) is 4.31 Å². The molecule has 0 aromatic carbocycles. The standard InChI is InChI=1S/C13H17NO7S/c1-3-9-11(7-10(21-9)13(17)20-2)22(18,19)14-6-4-5-8(14)12(15)16/h7-8H,3-6H2,1-2H3,(H,15,16)/t8-/m0/s1. The lowest BCUT2D eigenvalue weighted by atomic mass is 10.2. The minimum absolute atomic E-state index is 0.108. The molecule has 122 valence electrons. The van der Waals surface area contributed by atoms with Crippen LogP contribution in [-0.2, 0) is 26.0 Å². The van der Waals surface area contributed by atoms with Crippen LogP contribution in [0.2, 0.25) is 0 Å². The molecule has 0 radical (unpaired) electrons. The molecule has 0 aliphatic carbocycles. The van der Waals surface area contributed by atoms with Gasteiger partial charge in [-0.3, -0.25) is 4.79 Å². The summed E-state index contributed by atoms with van der Waals surface area (Å²) in [7, 11) is -2.89. The zero-order valence-electron chi connectivity index (χ0n) is 12.2. The normalized spacial score (nSPS) is 19.3. The van der Waals surface area contributed by atoms with Crippen LogP contribution in [-0.4, -0.2) is 49.5 Å². The number of hydrogen-bond acceptors (Lipinski definition) is 6. The maximum atomic E-state index is 12.7. The highest BCUT2D eigenvalue weighted by atomic mass is 32.2. The number of carboxylic acid groups (broad SMARTS) is 1. The fourth-order valence-corrected chi connectivity index (χ4v) is 4.36. The molecule has 0 saturated carbocycles. The summed E-state index contributed by atoms with van der Waals surface area (Å²) in [6, 6.07) is 0.00298. The second kappa shape index (κ2) is 6.09. The maximum absolute atomic E-state index is 12.7. The monoisotopic (exact) mass is 331 g/mol. The highest BCUT2D eigenvalue weighted by Gasteiger charge is 2.41. The number of carbonyl (C=O) groups excluding carboxylic acids is 1. The van der Waals surface area contributed by atoms with Gasteiger partial charge in [0.15, 0.2) is 0 Å². The van der Waals surface area contributed by atoms with Crippen molar-refractivity contribution >= 4 is 22.0 Å². The molecular formula is C13H17NO7S. The van der Waals surface area contributed by atoms with Gasteiger partial charge in [0.05, 0.1) is 7.11 Å². The summed E-state index contributed by atoms with van der Waals surface area (Å²) < 4.78 is 36.1. The lowest BCUT2D eigenvalue weighted by Crippen LogP contribution is -2.40. The van der Waals surface area contributed by atoms with Crippen LogP contribution in [0.5, 0.6) is 0 Å². The first kappa shape index (κ1) is 16.5. The zero-order chi connectivity index (χ0) is 16.5. The SMILES string of the molecule is CCc1oc(C(=O)OC)cc1S(=O)(=O)N1CCC[C@H]1C(=O)O. The third-order valence-corrected chi connectivity index (χ3v) is 5.51. The van der Waals surface area contributed by atoms with Gasteiger partial charge in [0.2, 0.25) is 15.8 Å². The molecule has 1 saturated heterocycles. The lowest BCUT2D eigenvalue weighted by molar-refractivity contribution is -0.140. The number of hydrogen-bond donors (Lipinski definition) is 1. The number of methoxy groups -OCH3 is 1. The van der Waals surface area contributed by atoms with E-state index in [2.05, 4.69) is 4.74 Å². The molecule has 0 bridgehead atoms. The summed E-state index contributed by atoms with van der Waals surface area (Å²) in [5.41, 5.74) is 0. The third kappa shape index (κ3) is 2.73. The Morgan fingerprint density at radius 2 is 2.18 bits per heavy atom. The highest BCUT2D eigenvalue weighted by Crippen LogP contribution is 2.30. The molecule has 1 aliphatic rings. The summed E-state index contributed by atoms with van der Waals surface area (Å²) in [6.45, 7) is 1.80. The van der Waals surface area contributed by atoms with Crippen molar-refractivity contribution in [1.29, 1.82) is 0 Å². The Bertz CT molecular complexity index is 691. The van der Waals surface area contributed by atoms with Crippen LogP contribution in [0.1, 0.15) is 36.1 Å². The first-order chi connectivity index (χ1) is 10.3. The second-order valence-electron chi connectivity index (χ2n) is 4.86. The topological polar surface area (TPSA) is 114 Å². The summed E-state index contributed by atoms with van der Waals surface area (Å²) >= 11 is 0. The molecule has 1 aliphatic heterocycles.